The van der Waals surface area contributed by atoms with Crippen LogP contribution in [0.1, 0.15) is 5.82 Å². The summed E-state index contributed by atoms with van der Waals surface area (Å²) in [6.45, 7) is 2.46. The van der Waals surface area contributed by atoms with Crippen LogP contribution in [0.2, 0.25) is 0 Å². The SMILES string of the molecule is Cn1ccnc1CNCCn1ccnn1. The second-order valence-electron chi connectivity index (χ2n) is 3.30. The number of nitrogens with zero attached hydrogens (tertiary/aromatic N) is 5. The monoisotopic (exact) mass is 206 g/mol. The minimum atomic E-state index is 0.776. The number of hydrogen-bond donors (Lipinski definition) is 1. The van der Waals surface area contributed by atoms with Crippen LogP contribution < -0.4 is 5.32 Å². The van der Waals surface area contributed by atoms with E-state index in [0.717, 1.165) is 25.5 Å². The van der Waals surface area contributed by atoms with Crippen molar-refractivity contribution in [3.05, 3.63) is 30.6 Å². The van der Waals surface area contributed by atoms with Gasteiger partial charge in [0.15, 0.2) is 0 Å². The molecule has 0 aliphatic rings. The van der Waals surface area contributed by atoms with Crippen LogP contribution in [0.25, 0.3) is 0 Å². The van der Waals surface area contributed by atoms with E-state index in [1.807, 2.05) is 24.0 Å². The molecular weight excluding hydrogens is 192 g/mol. The summed E-state index contributed by atoms with van der Waals surface area (Å²) in [7, 11) is 1.99. The molecule has 2 heterocycles. The first kappa shape index (κ1) is 9.85. The molecule has 2 aromatic heterocycles. The molecule has 1 N–H and O–H groups in total. The molecular formula is C9H14N6. The fourth-order valence-corrected chi connectivity index (χ4v) is 1.31. The molecule has 0 aliphatic heterocycles. The van der Waals surface area contributed by atoms with Crippen LogP contribution in [0.4, 0.5) is 0 Å². The number of nitrogens with one attached hydrogen (secondary N) is 1. The van der Waals surface area contributed by atoms with Gasteiger partial charge >= 0.3 is 0 Å². The highest BCUT2D eigenvalue weighted by Gasteiger charge is 1.97. The van der Waals surface area contributed by atoms with Crippen molar-refractivity contribution in [2.24, 2.45) is 7.05 Å². The van der Waals surface area contributed by atoms with Gasteiger partial charge in [0.1, 0.15) is 5.82 Å². The Morgan fingerprint density at radius 2 is 2.27 bits per heavy atom. The van der Waals surface area contributed by atoms with Crippen LogP contribution >= 0.6 is 0 Å². The molecule has 15 heavy (non-hydrogen) atoms. The van der Waals surface area contributed by atoms with Gasteiger partial charge in [0.2, 0.25) is 0 Å². The maximum Gasteiger partial charge on any atom is 0.122 e. The third-order valence-corrected chi connectivity index (χ3v) is 2.19. The molecule has 0 aromatic carbocycles. The summed E-state index contributed by atoms with van der Waals surface area (Å²) in [6.07, 6.45) is 7.27. The Bertz CT molecular complexity index is 390. The molecule has 6 heteroatoms. The van der Waals surface area contributed by atoms with Crippen LogP contribution in [-0.2, 0) is 20.1 Å². The lowest BCUT2D eigenvalue weighted by Gasteiger charge is -2.04. The molecule has 2 aromatic rings. The molecule has 0 saturated carbocycles. The average Bonchev–Trinajstić information content (AvgIpc) is 2.85. The second kappa shape index (κ2) is 4.70. The summed E-state index contributed by atoms with van der Waals surface area (Å²) in [4.78, 5) is 4.22. The van der Waals surface area contributed by atoms with Gasteiger partial charge in [0.25, 0.3) is 0 Å². The van der Waals surface area contributed by atoms with Crippen LogP contribution in [0.5, 0.6) is 0 Å². The summed E-state index contributed by atoms with van der Waals surface area (Å²) in [6, 6.07) is 0. The molecule has 0 amide bonds. The van der Waals surface area contributed by atoms with E-state index in [0.29, 0.717) is 0 Å². The lowest BCUT2D eigenvalue weighted by atomic mass is 10.5. The van der Waals surface area contributed by atoms with Gasteiger partial charge in [0.05, 0.1) is 19.3 Å². The third kappa shape index (κ3) is 2.63. The van der Waals surface area contributed by atoms with Gasteiger partial charge in [-0.25, -0.2) is 4.98 Å². The lowest BCUT2D eigenvalue weighted by molar-refractivity contribution is 0.530. The Balaban J connectivity index is 1.70. The van der Waals surface area contributed by atoms with E-state index in [-0.39, 0.29) is 0 Å². The highest BCUT2D eigenvalue weighted by atomic mass is 15.4. The van der Waals surface area contributed by atoms with Gasteiger partial charge in [-0.1, -0.05) is 5.21 Å². The fourth-order valence-electron chi connectivity index (χ4n) is 1.31. The van der Waals surface area contributed by atoms with Gasteiger partial charge in [-0.3, -0.25) is 4.68 Å². The minimum Gasteiger partial charge on any atom is -0.337 e. The molecule has 0 aliphatic carbocycles. The normalized spacial score (nSPS) is 10.7. The molecule has 0 atom stereocenters. The van der Waals surface area contributed by atoms with E-state index in [1.165, 1.54) is 0 Å². The molecule has 0 spiro atoms. The van der Waals surface area contributed by atoms with Gasteiger partial charge in [0, 0.05) is 32.2 Å². The zero-order chi connectivity index (χ0) is 10.5. The summed E-state index contributed by atoms with van der Waals surface area (Å²) < 4.78 is 3.80. The smallest absolute Gasteiger partial charge is 0.122 e. The summed E-state index contributed by atoms with van der Waals surface area (Å²) in [5, 5.41) is 10.9. The molecule has 2 rings (SSSR count). The molecule has 0 bridgehead atoms. The maximum atomic E-state index is 4.22. The van der Waals surface area contributed by atoms with Crippen molar-refractivity contribution in [3.8, 4) is 0 Å². The van der Waals surface area contributed by atoms with Crippen molar-refractivity contribution in [3.63, 3.8) is 0 Å². The van der Waals surface area contributed by atoms with E-state index in [1.54, 1.807) is 17.1 Å². The second-order valence-corrected chi connectivity index (χ2v) is 3.30. The van der Waals surface area contributed by atoms with Crippen molar-refractivity contribution in [1.29, 1.82) is 0 Å². The van der Waals surface area contributed by atoms with Crippen molar-refractivity contribution in [1.82, 2.24) is 29.9 Å². The molecule has 0 radical (unpaired) electrons. The first-order chi connectivity index (χ1) is 7.36. The standard InChI is InChI=1S/C9H14N6/c1-14-5-3-11-9(14)8-10-2-6-15-7-4-12-13-15/h3-5,7,10H,2,6,8H2,1H3. The van der Waals surface area contributed by atoms with Gasteiger partial charge in [-0.05, 0) is 0 Å². The highest BCUT2D eigenvalue weighted by Crippen LogP contribution is 1.92. The quantitative estimate of drug-likeness (QED) is 0.688. The van der Waals surface area contributed by atoms with Crippen LogP contribution in [-0.4, -0.2) is 31.1 Å². The zero-order valence-corrected chi connectivity index (χ0v) is 8.67. The predicted octanol–water partition coefficient (Wildman–Crippen LogP) is -0.199. The minimum absolute atomic E-state index is 0.776. The Labute approximate surface area is 87.9 Å². The Kier molecular flexibility index (Phi) is 3.08. The topological polar surface area (TPSA) is 60.6 Å². The Hall–Kier alpha value is -1.69. The van der Waals surface area contributed by atoms with E-state index in [4.69, 9.17) is 0 Å². The molecule has 80 valence electrons. The Morgan fingerprint density at radius 3 is 2.93 bits per heavy atom. The summed E-state index contributed by atoms with van der Waals surface area (Å²) in [5.74, 6) is 1.04. The first-order valence-electron chi connectivity index (χ1n) is 4.87. The fraction of sp³-hybridized carbons (Fsp3) is 0.444. The van der Waals surface area contributed by atoms with Crippen molar-refractivity contribution in [2.75, 3.05) is 6.54 Å². The van der Waals surface area contributed by atoms with Crippen LogP contribution in [0, 0.1) is 0 Å². The van der Waals surface area contributed by atoms with Gasteiger partial charge in [-0.2, -0.15) is 0 Å². The van der Waals surface area contributed by atoms with E-state index < -0.39 is 0 Å². The first-order valence-corrected chi connectivity index (χ1v) is 4.87. The van der Waals surface area contributed by atoms with Crippen molar-refractivity contribution in [2.45, 2.75) is 13.1 Å². The summed E-state index contributed by atoms with van der Waals surface area (Å²) in [5.41, 5.74) is 0. The number of aromatic nitrogens is 5. The number of aryl methyl sites for hydroxylation is 1. The molecule has 0 fully saturated rings. The predicted molar refractivity (Wildman–Crippen MR) is 54.9 cm³/mol. The van der Waals surface area contributed by atoms with Gasteiger partial charge < -0.3 is 9.88 Å². The largest absolute Gasteiger partial charge is 0.337 e. The third-order valence-electron chi connectivity index (χ3n) is 2.19. The summed E-state index contributed by atoms with van der Waals surface area (Å²) >= 11 is 0. The van der Waals surface area contributed by atoms with Gasteiger partial charge in [-0.15, -0.1) is 5.10 Å². The zero-order valence-electron chi connectivity index (χ0n) is 8.67. The molecule has 0 unspecified atom stereocenters. The Morgan fingerprint density at radius 1 is 1.33 bits per heavy atom. The number of hydrogen-bond acceptors (Lipinski definition) is 4. The average molecular weight is 206 g/mol. The van der Waals surface area contributed by atoms with E-state index in [2.05, 4.69) is 20.6 Å². The van der Waals surface area contributed by atoms with Crippen molar-refractivity contribution >= 4 is 0 Å². The lowest BCUT2D eigenvalue weighted by Crippen LogP contribution is -2.21. The van der Waals surface area contributed by atoms with Crippen LogP contribution in [0.15, 0.2) is 24.8 Å². The van der Waals surface area contributed by atoms with Crippen molar-refractivity contribution < 1.29 is 0 Å². The maximum absolute atomic E-state index is 4.22. The van der Waals surface area contributed by atoms with E-state index in [9.17, 15) is 0 Å². The molecule has 6 nitrogen and oxygen atoms in total. The highest BCUT2D eigenvalue weighted by molar-refractivity contribution is 4.90. The number of rotatable bonds is 5. The number of imidazole rings is 1. The van der Waals surface area contributed by atoms with E-state index >= 15 is 0 Å². The van der Waals surface area contributed by atoms with Crippen LogP contribution in [0.3, 0.4) is 0 Å². The molecule has 0 saturated heterocycles.